The number of rotatable bonds is 4. The number of anilines is 1. The Bertz CT molecular complexity index is 722. The Morgan fingerprint density at radius 3 is 2.37 bits per heavy atom. The summed E-state index contributed by atoms with van der Waals surface area (Å²) in [6, 6.07) is 2.09. The quantitative estimate of drug-likeness (QED) is 0.750. The van der Waals surface area contributed by atoms with Crippen LogP contribution in [0.3, 0.4) is 0 Å². The highest BCUT2D eigenvalue weighted by Crippen LogP contribution is 2.40. The van der Waals surface area contributed by atoms with Gasteiger partial charge < -0.3 is 14.2 Å². The lowest BCUT2D eigenvalue weighted by Gasteiger charge is -2.32. The van der Waals surface area contributed by atoms with E-state index in [1.54, 1.807) is 6.33 Å². The predicted molar refractivity (Wildman–Crippen MR) is 104 cm³/mol. The van der Waals surface area contributed by atoms with Crippen LogP contribution in [0.4, 0.5) is 10.2 Å². The fraction of sp³-hybridized carbons (Fsp3) is 0.700. The highest BCUT2D eigenvalue weighted by Gasteiger charge is 2.53. The van der Waals surface area contributed by atoms with E-state index in [2.05, 4.69) is 20.9 Å². The van der Waals surface area contributed by atoms with Crippen molar-refractivity contribution in [2.75, 3.05) is 18.0 Å². The monoisotopic (exact) mass is 373 g/mol. The van der Waals surface area contributed by atoms with Crippen molar-refractivity contribution in [1.29, 1.82) is 0 Å². The largest absolute Gasteiger partial charge is 0.525 e. The van der Waals surface area contributed by atoms with Crippen LogP contribution >= 0.6 is 0 Å². The van der Waals surface area contributed by atoms with E-state index in [4.69, 9.17) is 9.31 Å². The van der Waals surface area contributed by atoms with Crippen LogP contribution in [0, 0.1) is 5.92 Å². The summed E-state index contributed by atoms with van der Waals surface area (Å²) in [6.07, 6.45) is 6.66. The van der Waals surface area contributed by atoms with Crippen LogP contribution in [-0.4, -0.2) is 41.4 Å². The second-order valence-corrected chi connectivity index (χ2v) is 9.04. The van der Waals surface area contributed by atoms with Crippen LogP contribution in [-0.2, 0) is 15.7 Å². The molecule has 5 nitrogen and oxygen atoms in total. The van der Waals surface area contributed by atoms with Gasteiger partial charge in [-0.2, -0.15) is 0 Å². The molecule has 1 aliphatic carbocycles. The Morgan fingerprint density at radius 1 is 1.15 bits per heavy atom. The van der Waals surface area contributed by atoms with Gasteiger partial charge in [0.2, 0.25) is 0 Å². The first kappa shape index (κ1) is 18.9. The normalized spacial score (nSPS) is 24.4. The first-order valence-electron chi connectivity index (χ1n) is 10.0. The summed E-state index contributed by atoms with van der Waals surface area (Å²) in [5.74, 6) is 1.76. The van der Waals surface area contributed by atoms with E-state index >= 15 is 4.39 Å². The van der Waals surface area contributed by atoms with Gasteiger partial charge in [0.1, 0.15) is 17.9 Å². The first-order chi connectivity index (χ1) is 12.7. The summed E-state index contributed by atoms with van der Waals surface area (Å²) >= 11 is 0. The van der Waals surface area contributed by atoms with Gasteiger partial charge in [0, 0.05) is 24.8 Å². The Morgan fingerprint density at radius 2 is 1.78 bits per heavy atom. The third kappa shape index (κ3) is 3.90. The van der Waals surface area contributed by atoms with Crippen molar-refractivity contribution in [2.24, 2.45) is 5.92 Å². The van der Waals surface area contributed by atoms with E-state index in [9.17, 15) is 0 Å². The molecular weight excluding hydrogens is 344 g/mol. The molecule has 0 atom stereocenters. The van der Waals surface area contributed by atoms with Gasteiger partial charge >= 0.3 is 7.12 Å². The van der Waals surface area contributed by atoms with Gasteiger partial charge in [-0.3, -0.25) is 0 Å². The van der Waals surface area contributed by atoms with E-state index in [-0.39, 0.29) is 5.73 Å². The summed E-state index contributed by atoms with van der Waals surface area (Å²) in [4.78, 5) is 11.0. The number of hydrogen-bond donors (Lipinski definition) is 0. The number of nitrogens with zero attached hydrogens (tertiary/aromatic N) is 3. The molecule has 27 heavy (non-hydrogen) atoms. The number of piperidine rings is 1. The Labute approximate surface area is 161 Å². The number of hydrogen-bond acceptors (Lipinski definition) is 5. The minimum Gasteiger partial charge on any atom is -0.398 e. The van der Waals surface area contributed by atoms with E-state index in [0.717, 1.165) is 42.5 Å². The van der Waals surface area contributed by atoms with Crippen molar-refractivity contribution in [1.82, 2.24) is 9.97 Å². The maximum absolute atomic E-state index is 15.0. The Hall–Kier alpha value is -1.47. The van der Waals surface area contributed by atoms with Crippen molar-refractivity contribution in [3.8, 4) is 0 Å². The van der Waals surface area contributed by atoms with E-state index in [1.165, 1.54) is 12.8 Å². The fourth-order valence-electron chi connectivity index (χ4n) is 3.65. The molecule has 146 valence electrons. The lowest BCUT2D eigenvalue weighted by Crippen LogP contribution is -2.41. The Kier molecular flexibility index (Phi) is 4.79. The van der Waals surface area contributed by atoms with Gasteiger partial charge in [0.15, 0.2) is 0 Å². The van der Waals surface area contributed by atoms with Gasteiger partial charge in [-0.05, 0) is 71.3 Å². The second-order valence-electron chi connectivity index (χ2n) is 9.04. The van der Waals surface area contributed by atoms with E-state index in [1.807, 2.05) is 27.7 Å². The highest BCUT2D eigenvalue weighted by atomic mass is 19.1. The minimum absolute atomic E-state index is 0.245. The van der Waals surface area contributed by atoms with Gasteiger partial charge in [-0.25, -0.2) is 14.4 Å². The number of halogens is 1. The van der Waals surface area contributed by atoms with Crippen LogP contribution < -0.4 is 4.90 Å². The second kappa shape index (κ2) is 6.85. The zero-order valence-corrected chi connectivity index (χ0v) is 16.8. The summed E-state index contributed by atoms with van der Waals surface area (Å²) in [6.45, 7) is 9.29. The predicted octanol–water partition coefficient (Wildman–Crippen LogP) is 3.88. The van der Waals surface area contributed by atoms with Crippen LogP contribution in [0.15, 0.2) is 23.7 Å². The SMILES string of the molecule is CC1(C)OB(C(F)=C2CCN(c3cc(CC4CC4)ncn3)CC2)OC1(C)C. The van der Waals surface area contributed by atoms with Crippen LogP contribution in [0.1, 0.15) is 59.1 Å². The topological polar surface area (TPSA) is 47.5 Å². The lowest BCUT2D eigenvalue weighted by molar-refractivity contribution is 0.00578. The molecule has 3 heterocycles. The maximum atomic E-state index is 15.0. The van der Waals surface area contributed by atoms with Crippen LogP contribution in [0.25, 0.3) is 0 Å². The molecule has 7 heteroatoms. The van der Waals surface area contributed by atoms with Gasteiger partial charge in [0.05, 0.1) is 11.2 Å². The molecule has 3 fully saturated rings. The van der Waals surface area contributed by atoms with Crippen molar-refractivity contribution in [3.63, 3.8) is 0 Å². The van der Waals surface area contributed by atoms with Gasteiger partial charge in [-0.1, -0.05) is 0 Å². The zero-order valence-electron chi connectivity index (χ0n) is 16.8. The fourth-order valence-corrected chi connectivity index (χ4v) is 3.65. The van der Waals surface area contributed by atoms with Crippen molar-refractivity contribution in [3.05, 3.63) is 29.4 Å². The molecular formula is C20H29BFN3O2. The third-order valence-electron chi connectivity index (χ3n) is 6.39. The molecule has 0 bridgehead atoms. The average molecular weight is 373 g/mol. The zero-order chi connectivity index (χ0) is 19.2. The van der Waals surface area contributed by atoms with Crippen LogP contribution in [0.2, 0.25) is 0 Å². The van der Waals surface area contributed by atoms with E-state index < -0.39 is 18.3 Å². The van der Waals surface area contributed by atoms with E-state index in [0.29, 0.717) is 12.8 Å². The molecule has 0 radical (unpaired) electrons. The minimum atomic E-state index is -0.888. The summed E-state index contributed by atoms with van der Waals surface area (Å²) in [5, 5.41) is 0. The first-order valence-corrected chi connectivity index (χ1v) is 10.0. The summed E-state index contributed by atoms with van der Waals surface area (Å²) in [7, 11) is -0.888. The van der Waals surface area contributed by atoms with Crippen molar-refractivity contribution >= 4 is 12.9 Å². The molecule has 2 aliphatic heterocycles. The van der Waals surface area contributed by atoms with Gasteiger partial charge in [-0.15, -0.1) is 0 Å². The highest BCUT2D eigenvalue weighted by molar-refractivity contribution is 6.53. The van der Waals surface area contributed by atoms with Gasteiger partial charge in [0.25, 0.3) is 0 Å². The number of aromatic nitrogens is 2. The molecule has 0 unspecified atom stereocenters. The smallest absolute Gasteiger partial charge is 0.398 e. The van der Waals surface area contributed by atoms with Crippen molar-refractivity contribution in [2.45, 2.75) is 71.0 Å². The molecule has 3 aliphatic rings. The molecule has 0 N–H and O–H groups in total. The molecule has 0 spiro atoms. The summed E-state index contributed by atoms with van der Waals surface area (Å²) in [5.41, 5.74) is 0.638. The molecule has 0 amide bonds. The van der Waals surface area contributed by atoms with Crippen LogP contribution in [0.5, 0.6) is 0 Å². The summed E-state index contributed by atoms with van der Waals surface area (Å²) < 4.78 is 26.7. The average Bonchev–Trinajstić information content (AvgIpc) is 3.40. The molecule has 0 aromatic carbocycles. The molecule has 1 saturated carbocycles. The molecule has 4 rings (SSSR count). The molecule has 1 aromatic heterocycles. The standard InChI is InChI=1S/C20H29BFN3O2/c1-19(2)20(3,4)27-21(26-19)18(22)15-7-9-25(10-8-15)17-12-16(23-13-24-17)11-14-5-6-14/h12-14H,5-11H2,1-4H3. The Balaban J connectivity index is 1.40. The molecule has 1 aromatic rings. The molecule has 2 saturated heterocycles. The van der Waals surface area contributed by atoms with Crippen molar-refractivity contribution < 1.29 is 13.7 Å². The maximum Gasteiger partial charge on any atom is 0.525 e. The lowest BCUT2D eigenvalue weighted by atomic mass is 9.82. The third-order valence-corrected chi connectivity index (χ3v) is 6.39.